The van der Waals surface area contributed by atoms with Gasteiger partial charge in [-0.05, 0) is 47.1 Å². The number of piperazine rings is 1. The molecule has 1 aliphatic rings. The average Bonchev–Trinajstić information content (AvgIpc) is 3.33. The van der Waals surface area contributed by atoms with Crippen molar-refractivity contribution in [3.8, 4) is 0 Å². The van der Waals surface area contributed by atoms with Gasteiger partial charge in [0, 0.05) is 32.4 Å². The summed E-state index contributed by atoms with van der Waals surface area (Å²) in [7, 11) is 0. The minimum atomic E-state index is -0.563. The number of rotatable bonds is 4. The van der Waals surface area contributed by atoms with Crippen molar-refractivity contribution in [2.24, 2.45) is 0 Å². The van der Waals surface area contributed by atoms with Crippen LogP contribution in [0.2, 0.25) is 0 Å². The maximum atomic E-state index is 12.7. The van der Waals surface area contributed by atoms with Gasteiger partial charge in [-0.3, -0.25) is 9.59 Å². The largest absolute Gasteiger partial charge is 0.344 e. The molecule has 0 bridgehead atoms. The smallest absolute Gasteiger partial charge is 0.262 e. The standard InChI is InChI=1S/C18H18BrN5O2S2/c1-11(21-15(25)13-4-5-14(19)27-13)17(26)23-7-9-24(10-8-23)18-22-12-3-2-6-20-16(12)28-18/h2-6,11H,7-10H2,1H3,(H,21,25). The number of fused-ring (bicyclic) bond motifs is 1. The Morgan fingerprint density at radius 2 is 1.96 bits per heavy atom. The summed E-state index contributed by atoms with van der Waals surface area (Å²) in [6.45, 7) is 4.36. The van der Waals surface area contributed by atoms with Crippen LogP contribution in [0.4, 0.5) is 5.13 Å². The van der Waals surface area contributed by atoms with E-state index in [0.29, 0.717) is 31.1 Å². The summed E-state index contributed by atoms with van der Waals surface area (Å²) in [5.74, 6) is -0.285. The summed E-state index contributed by atoms with van der Waals surface area (Å²) in [4.78, 5) is 39.5. The SMILES string of the molecule is CC(NC(=O)c1ccc(Br)s1)C(=O)N1CCN(c2nc3cccnc3s2)CC1. The lowest BCUT2D eigenvalue weighted by Gasteiger charge is -2.35. The van der Waals surface area contributed by atoms with Crippen LogP contribution in [-0.4, -0.2) is 58.9 Å². The van der Waals surface area contributed by atoms with Crippen LogP contribution < -0.4 is 10.2 Å². The molecule has 2 amide bonds. The minimum absolute atomic E-state index is 0.0606. The fourth-order valence-corrected chi connectivity index (χ4v) is 5.30. The van der Waals surface area contributed by atoms with Crippen LogP contribution in [0.3, 0.4) is 0 Å². The first-order valence-corrected chi connectivity index (χ1v) is 11.3. The third kappa shape index (κ3) is 4.03. The molecule has 0 aromatic carbocycles. The van der Waals surface area contributed by atoms with Gasteiger partial charge >= 0.3 is 0 Å². The molecule has 7 nitrogen and oxygen atoms in total. The zero-order valence-electron chi connectivity index (χ0n) is 15.1. The summed E-state index contributed by atoms with van der Waals surface area (Å²) >= 11 is 6.26. The number of halogens is 1. The third-order valence-corrected chi connectivity index (χ3v) is 7.19. The normalized spacial score (nSPS) is 15.6. The van der Waals surface area contributed by atoms with Crippen molar-refractivity contribution in [3.63, 3.8) is 0 Å². The molecule has 0 saturated carbocycles. The van der Waals surface area contributed by atoms with Crippen LogP contribution in [0.15, 0.2) is 34.2 Å². The number of carbonyl (C=O) groups excluding carboxylic acids is 2. The molecular weight excluding hydrogens is 462 g/mol. The summed E-state index contributed by atoms with van der Waals surface area (Å²) < 4.78 is 0.887. The number of aromatic nitrogens is 2. The lowest BCUT2D eigenvalue weighted by atomic mass is 10.2. The molecule has 1 saturated heterocycles. The topological polar surface area (TPSA) is 78.4 Å². The van der Waals surface area contributed by atoms with Crippen molar-refractivity contribution >= 4 is 65.9 Å². The molecule has 1 atom stereocenters. The highest BCUT2D eigenvalue weighted by atomic mass is 79.9. The first kappa shape index (κ1) is 19.3. The molecule has 4 heterocycles. The minimum Gasteiger partial charge on any atom is -0.344 e. The van der Waals surface area contributed by atoms with E-state index in [1.807, 2.05) is 18.2 Å². The second-order valence-corrected chi connectivity index (χ2v) is 9.85. The zero-order chi connectivity index (χ0) is 19.7. The van der Waals surface area contributed by atoms with Gasteiger partial charge in [-0.15, -0.1) is 11.3 Å². The Kier molecular flexibility index (Phi) is 5.61. The second kappa shape index (κ2) is 8.14. The molecule has 1 N–H and O–H groups in total. The van der Waals surface area contributed by atoms with Crippen LogP contribution >= 0.6 is 38.6 Å². The molecule has 0 spiro atoms. The highest BCUT2D eigenvalue weighted by molar-refractivity contribution is 9.11. The van der Waals surface area contributed by atoms with Crippen LogP contribution in [0.5, 0.6) is 0 Å². The molecule has 4 rings (SSSR count). The van der Waals surface area contributed by atoms with Gasteiger partial charge in [-0.2, -0.15) is 0 Å². The van der Waals surface area contributed by atoms with E-state index in [-0.39, 0.29) is 11.8 Å². The van der Waals surface area contributed by atoms with Gasteiger partial charge in [0.1, 0.15) is 16.4 Å². The Morgan fingerprint density at radius 1 is 1.18 bits per heavy atom. The van der Waals surface area contributed by atoms with E-state index in [4.69, 9.17) is 0 Å². The van der Waals surface area contributed by atoms with Gasteiger partial charge in [0.2, 0.25) is 5.91 Å². The van der Waals surface area contributed by atoms with Crippen molar-refractivity contribution in [1.82, 2.24) is 20.2 Å². The lowest BCUT2D eigenvalue weighted by Crippen LogP contribution is -2.54. The van der Waals surface area contributed by atoms with E-state index in [1.54, 1.807) is 35.4 Å². The first-order chi connectivity index (χ1) is 13.5. The molecule has 0 radical (unpaired) electrons. The van der Waals surface area contributed by atoms with Crippen molar-refractivity contribution in [3.05, 3.63) is 39.1 Å². The molecule has 0 aliphatic carbocycles. The molecule has 146 valence electrons. The fraction of sp³-hybridized carbons (Fsp3) is 0.333. The van der Waals surface area contributed by atoms with Gasteiger partial charge in [-0.1, -0.05) is 11.3 Å². The predicted octanol–water partition coefficient (Wildman–Crippen LogP) is 2.98. The fourth-order valence-electron chi connectivity index (χ4n) is 3.05. The van der Waals surface area contributed by atoms with Gasteiger partial charge in [0.15, 0.2) is 5.13 Å². The van der Waals surface area contributed by atoms with Crippen molar-refractivity contribution in [1.29, 1.82) is 0 Å². The van der Waals surface area contributed by atoms with Crippen molar-refractivity contribution < 1.29 is 9.59 Å². The summed E-state index contributed by atoms with van der Waals surface area (Å²) in [6.07, 6.45) is 1.77. The number of hydrogen-bond donors (Lipinski definition) is 1. The average molecular weight is 480 g/mol. The van der Waals surface area contributed by atoms with Crippen molar-refractivity contribution in [2.75, 3.05) is 31.1 Å². The number of thiazole rings is 1. The summed E-state index contributed by atoms with van der Waals surface area (Å²) in [5.41, 5.74) is 0.901. The van der Waals surface area contributed by atoms with Gasteiger partial charge in [0.25, 0.3) is 5.91 Å². The Bertz CT molecular complexity index is 979. The number of amides is 2. The molecule has 1 fully saturated rings. The maximum absolute atomic E-state index is 12.7. The maximum Gasteiger partial charge on any atom is 0.262 e. The number of nitrogens with zero attached hydrogens (tertiary/aromatic N) is 4. The van der Waals surface area contributed by atoms with Crippen LogP contribution in [0, 0.1) is 0 Å². The molecule has 10 heteroatoms. The molecular formula is C18H18BrN5O2S2. The van der Waals surface area contributed by atoms with E-state index in [9.17, 15) is 9.59 Å². The Morgan fingerprint density at radius 3 is 2.64 bits per heavy atom. The summed E-state index contributed by atoms with van der Waals surface area (Å²) in [6, 6.07) is 6.84. The third-order valence-electron chi connectivity index (χ3n) is 4.53. The Balaban J connectivity index is 1.33. The number of carbonyl (C=O) groups is 2. The monoisotopic (exact) mass is 479 g/mol. The number of nitrogens with one attached hydrogen (secondary N) is 1. The van der Waals surface area contributed by atoms with Crippen LogP contribution in [0.1, 0.15) is 16.6 Å². The van der Waals surface area contributed by atoms with Crippen LogP contribution in [-0.2, 0) is 4.79 Å². The van der Waals surface area contributed by atoms with Gasteiger partial charge in [-0.25, -0.2) is 9.97 Å². The number of pyridine rings is 1. The number of hydrogen-bond acceptors (Lipinski definition) is 7. The number of thiophene rings is 1. The van der Waals surface area contributed by atoms with E-state index in [2.05, 4.69) is 36.1 Å². The molecule has 1 aliphatic heterocycles. The molecule has 28 heavy (non-hydrogen) atoms. The van der Waals surface area contributed by atoms with E-state index in [0.717, 1.165) is 19.3 Å². The van der Waals surface area contributed by atoms with Gasteiger partial charge < -0.3 is 15.1 Å². The molecule has 1 unspecified atom stereocenters. The van der Waals surface area contributed by atoms with E-state index >= 15 is 0 Å². The summed E-state index contributed by atoms with van der Waals surface area (Å²) in [5, 5.41) is 3.73. The highest BCUT2D eigenvalue weighted by Crippen LogP contribution is 2.27. The molecule has 3 aromatic rings. The lowest BCUT2D eigenvalue weighted by molar-refractivity contribution is -0.133. The van der Waals surface area contributed by atoms with Gasteiger partial charge in [0.05, 0.1) is 8.66 Å². The van der Waals surface area contributed by atoms with E-state index < -0.39 is 6.04 Å². The zero-order valence-corrected chi connectivity index (χ0v) is 18.3. The Hall–Kier alpha value is -2.04. The first-order valence-electron chi connectivity index (χ1n) is 8.83. The van der Waals surface area contributed by atoms with Crippen LogP contribution in [0.25, 0.3) is 10.3 Å². The number of anilines is 1. The highest BCUT2D eigenvalue weighted by Gasteiger charge is 2.27. The second-order valence-electron chi connectivity index (χ2n) is 6.44. The molecule has 3 aromatic heterocycles. The van der Waals surface area contributed by atoms with Crippen molar-refractivity contribution in [2.45, 2.75) is 13.0 Å². The Labute approximate surface area is 178 Å². The quantitative estimate of drug-likeness (QED) is 0.622. The predicted molar refractivity (Wildman–Crippen MR) is 115 cm³/mol. The van der Waals surface area contributed by atoms with E-state index in [1.165, 1.54) is 11.3 Å².